The van der Waals surface area contributed by atoms with Gasteiger partial charge in [-0.05, 0) is 19.8 Å². The topological polar surface area (TPSA) is 0 Å². The molecule has 1 heteroatoms. The van der Waals surface area contributed by atoms with Crippen molar-refractivity contribution < 1.29 is 0 Å². The zero-order chi connectivity index (χ0) is 4.83. The van der Waals surface area contributed by atoms with Gasteiger partial charge in [0.25, 0.3) is 0 Å². The number of unbranched alkanes of at least 4 members (excludes halogenated alkanes) is 1. The maximum atomic E-state index is 2.12. The summed E-state index contributed by atoms with van der Waals surface area (Å²) >= 11 is 0. The van der Waals surface area contributed by atoms with E-state index in [2.05, 4.69) is 19.4 Å². The summed E-state index contributed by atoms with van der Waals surface area (Å²) < 4.78 is 0. The summed E-state index contributed by atoms with van der Waals surface area (Å²) in [6.45, 7) is 4.14. The van der Waals surface area contributed by atoms with Crippen molar-refractivity contribution in [2.24, 2.45) is 0 Å². The van der Waals surface area contributed by atoms with Gasteiger partial charge in [0, 0.05) is 0 Å². The number of hydrogen-bond donors (Lipinski definition) is 0. The van der Waals surface area contributed by atoms with Gasteiger partial charge in [0.1, 0.15) is 0 Å². The van der Waals surface area contributed by atoms with Crippen molar-refractivity contribution in [3.05, 3.63) is 18.6 Å². The highest BCUT2D eigenvalue weighted by molar-refractivity contribution is 5.75. The SMILES string of the molecule is C/C=C/[CH]CC.[MgH2]. The van der Waals surface area contributed by atoms with Crippen LogP contribution in [-0.4, -0.2) is 23.1 Å². The molecule has 0 saturated carbocycles. The molecule has 0 bridgehead atoms. The van der Waals surface area contributed by atoms with Gasteiger partial charge in [0.15, 0.2) is 0 Å². The van der Waals surface area contributed by atoms with Crippen LogP contribution in [0.25, 0.3) is 0 Å². The van der Waals surface area contributed by atoms with Crippen molar-refractivity contribution in [3.63, 3.8) is 0 Å². The molecule has 0 unspecified atom stereocenters. The van der Waals surface area contributed by atoms with Gasteiger partial charge in [-0.25, -0.2) is 0 Å². The van der Waals surface area contributed by atoms with Crippen molar-refractivity contribution in [1.29, 1.82) is 0 Å². The molecule has 0 rings (SSSR count). The van der Waals surface area contributed by atoms with E-state index in [0.29, 0.717) is 0 Å². The van der Waals surface area contributed by atoms with E-state index in [0.717, 1.165) is 6.42 Å². The Morgan fingerprint density at radius 3 is 2.14 bits per heavy atom. The quantitative estimate of drug-likeness (QED) is 0.469. The van der Waals surface area contributed by atoms with E-state index in [1.165, 1.54) is 0 Å². The van der Waals surface area contributed by atoms with Crippen LogP contribution in [0.15, 0.2) is 12.2 Å². The summed E-state index contributed by atoms with van der Waals surface area (Å²) in [5, 5.41) is 0. The minimum Gasteiger partial charge on any atom is -0.0914 e. The maximum Gasteiger partial charge on any atom is 0.316 e. The molecule has 0 aromatic heterocycles. The van der Waals surface area contributed by atoms with Crippen molar-refractivity contribution in [2.45, 2.75) is 20.3 Å². The van der Waals surface area contributed by atoms with Crippen molar-refractivity contribution >= 4 is 23.1 Å². The van der Waals surface area contributed by atoms with Crippen LogP contribution < -0.4 is 0 Å². The molecule has 0 aromatic rings. The van der Waals surface area contributed by atoms with Crippen molar-refractivity contribution in [2.75, 3.05) is 0 Å². The van der Waals surface area contributed by atoms with Crippen molar-refractivity contribution in [1.82, 2.24) is 0 Å². The predicted octanol–water partition coefficient (Wildman–Crippen LogP) is 1.26. The predicted molar refractivity (Wildman–Crippen MR) is 37.9 cm³/mol. The van der Waals surface area contributed by atoms with Crippen LogP contribution in [0.5, 0.6) is 0 Å². The number of rotatable bonds is 2. The second kappa shape index (κ2) is 9.71. The van der Waals surface area contributed by atoms with Crippen LogP contribution in [0.4, 0.5) is 0 Å². The van der Waals surface area contributed by atoms with Crippen LogP contribution in [0, 0.1) is 6.42 Å². The number of hydrogen-bond acceptors (Lipinski definition) is 0. The Morgan fingerprint density at radius 2 is 2.00 bits per heavy atom. The van der Waals surface area contributed by atoms with E-state index in [1.807, 2.05) is 13.0 Å². The standard InChI is InChI=1S/C6H11.Mg.2H/c1-3-5-6-4-2;;;/h3,5-6H,4H2,1-2H3;;;/b5-3+;;;. The minimum atomic E-state index is 0. The first-order valence-corrected chi connectivity index (χ1v) is 2.36. The van der Waals surface area contributed by atoms with Gasteiger partial charge in [-0.2, -0.15) is 0 Å². The lowest BCUT2D eigenvalue weighted by atomic mass is 10.3. The lowest BCUT2D eigenvalue weighted by Crippen LogP contribution is -1.57. The Kier molecular flexibility index (Phi) is 14.5. The molecule has 7 heavy (non-hydrogen) atoms. The molecule has 39 valence electrons. The smallest absolute Gasteiger partial charge is 0.0914 e. The fourth-order valence-corrected chi connectivity index (χ4v) is 0.272. The first-order valence-electron chi connectivity index (χ1n) is 2.36. The zero-order valence-corrected chi connectivity index (χ0v) is 4.44. The highest BCUT2D eigenvalue weighted by Gasteiger charge is 1.65. The Balaban J connectivity index is 0. The lowest BCUT2D eigenvalue weighted by molar-refractivity contribution is 1.15. The largest absolute Gasteiger partial charge is 0.316 e. The molecule has 0 heterocycles. The molecule has 1 radical (unpaired) electrons. The lowest BCUT2D eigenvalue weighted by Gasteiger charge is -1.75. The van der Waals surface area contributed by atoms with Gasteiger partial charge in [-0.1, -0.05) is 19.1 Å². The first kappa shape index (κ1) is 10.5. The van der Waals surface area contributed by atoms with Gasteiger partial charge in [0.2, 0.25) is 0 Å². The molecule has 0 aliphatic rings. The molecule has 0 amide bonds. The highest BCUT2D eigenvalue weighted by atomic mass is 24.3. The Hall–Kier alpha value is 0.506. The van der Waals surface area contributed by atoms with Gasteiger partial charge in [-0.3, -0.25) is 0 Å². The Labute approximate surface area is 62.1 Å². The average Bonchev–Trinajstić information content (AvgIpc) is 1.61. The third-order valence-electron chi connectivity index (χ3n) is 0.564. The van der Waals surface area contributed by atoms with Crippen LogP contribution >= 0.6 is 0 Å². The highest BCUT2D eigenvalue weighted by Crippen LogP contribution is 1.83. The van der Waals surface area contributed by atoms with E-state index in [9.17, 15) is 0 Å². The third-order valence-corrected chi connectivity index (χ3v) is 0.564. The van der Waals surface area contributed by atoms with Gasteiger partial charge in [0.05, 0.1) is 0 Å². The van der Waals surface area contributed by atoms with Gasteiger partial charge < -0.3 is 0 Å². The average molecular weight is 109 g/mol. The second-order valence-electron chi connectivity index (χ2n) is 1.17. The Bertz CT molecular complexity index is 39.4. The van der Waals surface area contributed by atoms with Gasteiger partial charge >= 0.3 is 23.1 Å². The normalized spacial score (nSPS) is 8.86. The molecular weight excluding hydrogens is 96.4 g/mol. The summed E-state index contributed by atoms with van der Waals surface area (Å²) in [7, 11) is 0. The van der Waals surface area contributed by atoms with E-state index in [1.54, 1.807) is 0 Å². The second-order valence-corrected chi connectivity index (χ2v) is 1.17. The van der Waals surface area contributed by atoms with Crippen molar-refractivity contribution in [3.8, 4) is 0 Å². The summed E-state index contributed by atoms with van der Waals surface area (Å²) in [6, 6.07) is 0. The maximum absolute atomic E-state index is 2.12. The van der Waals surface area contributed by atoms with Crippen LogP contribution in [-0.2, 0) is 0 Å². The van der Waals surface area contributed by atoms with Crippen LogP contribution in [0.2, 0.25) is 0 Å². The number of allylic oxidation sites excluding steroid dienone is 2. The molecule has 0 atom stereocenters. The minimum absolute atomic E-state index is 0. The molecule has 0 fully saturated rings. The molecule has 0 saturated heterocycles. The fourth-order valence-electron chi connectivity index (χ4n) is 0.272. The third kappa shape index (κ3) is 10.7. The molecule has 0 N–H and O–H groups in total. The van der Waals surface area contributed by atoms with E-state index < -0.39 is 0 Å². The monoisotopic (exact) mass is 109 g/mol. The summed E-state index contributed by atoms with van der Waals surface area (Å²) in [5.41, 5.74) is 0. The van der Waals surface area contributed by atoms with E-state index in [4.69, 9.17) is 0 Å². The molecule has 0 aliphatic heterocycles. The molecule has 0 spiro atoms. The molecule has 0 aliphatic carbocycles. The van der Waals surface area contributed by atoms with Crippen LogP contribution in [0.1, 0.15) is 20.3 Å². The van der Waals surface area contributed by atoms with Crippen LogP contribution in [0.3, 0.4) is 0 Å². The summed E-state index contributed by atoms with van der Waals surface area (Å²) in [5.74, 6) is 0. The Morgan fingerprint density at radius 1 is 1.43 bits per heavy atom. The summed E-state index contributed by atoms with van der Waals surface area (Å²) in [4.78, 5) is 0. The summed E-state index contributed by atoms with van der Waals surface area (Å²) in [6.07, 6.45) is 7.36. The molecule has 0 aromatic carbocycles. The zero-order valence-electron chi connectivity index (χ0n) is 4.44. The van der Waals surface area contributed by atoms with E-state index >= 15 is 0 Å². The molecule has 0 nitrogen and oxygen atoms in total. The molecular formula is C6H13Mg. The fraction of sp³-hybridized carbons (Fsp3) is 0.500. The van der Waals surface area contributed by atoms with E-state index in [-0.39, 0.29) is 23.1 Å². The van der Waals surface area contributed by atoms with Gasteiger partial charge in [-0.15, -0.1) is 0 Å². The first-order chi connectivity index (χ1) is 2.91.